The molecule has 2 rings (SSSR count). The Hall–Kier alpha value is -2.10. The van der Waals surface area contributed by atoms with Gasteiger partial charge in [-0.15, -0.1) is 0 Å². The van der Waals surface area contributed by atoms with Crippen LogP contribution >= 0.6 is 15.9 Å². The largest absolute Gasteiger partial charge is 0.497 e. The van der Waals surface area contributed by atoms with Crippen molar-refractivity contribution in [1.82, 2.24) is 4.72 Å². The molecule has 0 aliphatic rings. The number of ether oxygens (including phenoxy) is 2. The molecule has 0 aliphatic heterocycles. The van der Waals surface area contributed by atoms with Gasteiger partial charge in [-0.25, -0.2) is 13.1 Å². The summed E-state index contributed by atoms with van der Waals surface area (Å²) in [5.74, 6) is 0.225. The van der Waals surface area contributed by atoms with Crippen LogP contribution in [0, 0.1) is 0 Å². The van der Waals surface area contributed by atoms with Crippen molar-refractivity contribution in [2.45, 2.75) is 5.75 Å². The molecule has 0 spiro atoms. The second kappa shape index (κ2) is 9.02. The minimum Gasteiger partial charge on any atom is -0.497 e. The van der Waals surface area contributed by atoms with Gasteiger partial charge < -0.3 is 14.8 Å². The number of anilines is 1. The lowest BCUT2D eigenvalue weighted by molar-refractivity contribution is -0.115. The molecular weight excluding hydrogens is 424 g/mol. The van der Waals surface area contributed by atoms with Crippen LogP contribution in [0.5, 0.6) is 11.5 Å². The summed E-state index contributed by atoms with van der Waals surface area (Å²) in [5, 5.41) is 2.60. The van der Waals surface area contributed by atoms with Gasteiger partial charge >= 0.3 is 0 Å². The number of rotatable bonds is 8. The van der Waals surface area contributed by atoms with E-state index in [-0.39, 0.29) is 5.75 Å². The first kappa shape index (κ1) is 20.2. The molecule has 0 unspecified atom stereocenters. The Bertz CT molecular complexity index is 886. The van der Waals surface area contributed by atoms with Gasteiger partial charge in [0.15, 0.2) is 0 Å². The summed E-state index contributed by atoms with van der Waals surface area (Å²) >= 11 is 3.31. The van der Waals surface area contributed by atoms with E-state index in [9.17, 15) is 13.2 Å². The summed E-state index contributed by atoms with van der Waals surface area (Å²) in [6.07, 6.45) is 0. The highest BCUT2D eigenvalue weighted by atomic mass is 79.9. The predicted octanol–water partition coefficient (Wildman–Crippen LogP) is 2.52. The monoisotopic (exact) mass is 442 g/mol. The molecule has 0 saturated heterocycles. The fraction of sp³-hybridized carbons (Fsp3) is 0.235. The van der Waals surface area contributed by atoms with Crippen LogP contribution in [0.1, 0.15) is 5.56 Å². The van der Waals surface area contributed by atoms with Crippen LogP contribution in [0.3, 0.4) is 0 Å². The van der Waals surface area contributed by atoms with Gasteiger partial charge in [-0.3, -0.25) is 4.79 Å². The fourth-order valence-corrected chi connectivity index (χ4v) is 3.88. The van der Waals surface area contributed by atoms with E-state index in [0.717, 1.165) is 0 Å². The number of hydrogen-bond donors (Lipinski definition) is 2. The van der Waals surface area contributed by atoms with Gasteiger partial charge in [0.05, 0.1) is 32.2 Å². The van der Waals surface area contributed by atoms with Crippen molar-refractivity contribution in [3.8, 4) is 11.5 Å². The molecule has 26 heavy (non-hydrogen) atoms. The zero-order valence-electron chi connectivity index (χ0n) is 14.3. The van der Waals surface area contributed by atoms with Crippen LogP contribution in [-0.4, -0.2) is 35.1 Å². The van der Waals surface area contributed by atoms with Gasteiger partial charge in [-0.2, -0.15) is 0 Å². The molecular formula is C17H19BrN2O5S. The first-order valence-corrected chi connectivity index (χ1v) is 10.0. The summed E-state index contributed by atoms with van der Waals surface area (Å²) in [5.41, 5.74) is 0.997. The smallest absolute Gasteiger partial charge is 0.239 e. The molecule has 2 N–H and O–H groups in total. The van der Waals surface area contributed by atoms with Crippen molar-refractivity contribution in [2.75, 3.05) is 26.1 Å². The highest BCUT2D eigenvalue weighted by Gasteiger charge is 2.16. The van der Waals surface area contributed by atoms with Crippen LogP contribution in [0.15, 0.2) is 46.9 Å². The Kier molecular flexibility index (Phi) is 7.01. The average molecular weight is 443 g/mol. The van der Waals surface area contributed by atoms with Gasteiger partial charge in [0.2, 0.25) is 15.9 Å². The minimum absolute atomic E-state index is 0.232. The molecule has 0 aromatic heterocycles. The van der Waals surface area contributed by atoms with Crippen LogP contribution in [0.4, 0.5) is 5.69 Å². The number of carbonyl (C=O) groups is 1. The van der Waals surface area contributed by atoms with E-state index in [4.69, 9.17) is 9.47 Å². The molecule has 140 valence electrons. The lowest BCUT2D eigenvalue weighted by Crippen LogP contribution is -2.33. The molecule has 2 aromatic carbocycles. The molecule has 0 fully saturated rings. The number of benzene rings is 2. The van der Waals surface area contributed by atoms with E-state index in [1.165, 1.54) is 14.2 Å². The van der Waals surface area contributed by atoms with Crippen molar-refractivity contribution in [1.29, 1.82) is 0 Å². The maximum atomic E-state index is 12.2. The van der Waals surface area contributed by atoms with Crippen molar-refractivity contribution in [3.63, 3.8) is 0 Å². The molecule has 1 amide bonds. The molecule has 2 aromatic rings. The molecule has 0 heterocycles. The molecule has 0 saturated carbocycles. The Morgan fingerprint density at radius 3 is 2.50 bits per heavy atom. The Morgan fingerprint density at radius 2 is 1.85 bits per heavy atom. The number of sulfonamides is 1. The number of nitrogens with one attached hydrogen (secondary N) is 2. The number of hydrogen-bond acceptors (Lipinski definition) is 5. The fourth-order valence-electron chi connectivity index (χ4n) is 2.15. The maximum Gasteiger partial charge on any atom is 0.239 e. The average Bonchev–Trinajstić information content (AvgIpc) is 2.62. The number of halogens is 1. The van der Waals surface area contributed by atoms with Crippen LogP contribution < -0.4 is 19.5 Å². The zero-order chi connectivity index (χ0) is 19.2. The predicted molar refractivity (Wildman–Crippen MR) is 103 cm³/mol. The Balaban J connectivity index is 1.99. The van der Waals surface area contributed by atoms with Crippen molar-refractivity contribution in [2.24, 2.45) is 0 Å². The lowest BCUT2D eigenvalue weighted by Gasteiger charge is -2.12. The third-order valence-electron chi connectivity index (χ3n) is 3.44. The van der Waals surface area contributed by atoms with E-state index in [0.29, 0.717) is 27.2 Å². The normalized spacial score (nSPS) is 11.0. The first-order valence-electron chi connectivity index (χ1n) is 7.57. The third kappa shape index (κ3) is 5.72. The summed E-state index contributed by atoms with van der Waals surface area (Å²) in [6.45, 7) is -0.396. The van der Waals surface area contributed by atoms with Crippen molar-refractivity contribution in [3.05, 3.63) is 52.5 Å². The van der Waals surface area contributed by atoms with E-state index in [1.54, 1.807) is 42.5 Å². The highest BCUT2D eigenvalue weighted by Crippen LogP contribution is 2.28. The molecule has 0 aliphatic carbocycles. The quantitative estimate of drug-likeness (QED) is 0.654. The standard InChI is InChI=1S/C17H19BrN2O5S/c1-24-13-7-8-16(25-2)15(9-13)20-17(21)10-19-26(22,23)11-12-5-3-4-6-14(12)18/h3-9,19H,10-11H2,1-2H3,(H,20,21). The van der Waals surface area contributed by atoms with Crippen LogP contribution in [-0.2, 0) is 20.6 Å². The summed E-state index contributed by atoms with van der Waals surface area (Å²) in [6, 6.07) is 11.9. The third-order valence-corrected chi connectivity index (χ3v) is 5.49. The van der Waals surface area contributed by atoms with Gasteiger partial charge in [-0.1, -0.05) is 34.1 Å². The molecule has 9 heteroatoms. The lowest BCUT2D eigenvalue weighted by atomic mass is 10.2. The number of methoxy groups -OCH3 is 2. The molecule has 0 radical (unpaired) electrons. The maximum absolute atomic E-state index is 12.2. The number of amides is 1. The molecule has 7 nitrogen and oxygen atoms in total. The van der Waals surface area contributed by atoms with E-state index in [1.807, 2.05) is 0 Å². The summed E-state index contributed by atoms with van der Waals surface area (Å²) < 4.78 is 37.6. The first-order chi connectivity index (χ1) is 12.3. The Labute approximate surface area is 160 Å². The highest BCUT2D eigenvalue weighted by molar-refractivity contribution is 9.10. The molecule has 0 bridgehead atoms. The van der Waals surface area contributed by atoms with Crippen molar-refractivity contribution < 1.29 is 22.7 Å². The van der Waals surface area contributed by atoms with E-state index < -0.39 is 22.5 Å². The van der Waals surface area contributed by atoms with E-state index >= 15 is 0 Å². The van der Waals surface area contributed by atoms with E-state index in [2.05, 4.69) is 26.0 Å². The molecule has 0 atom stereocenters. The Morgan fingerprint density at radius 1 is 1.12 bits per heavy atom. The minimum atomic E-state index is -3.67. The van der Waals surface area contributed by atoms with Crippen LogP contribution in [0.25, 0.3) is 0 Å². The van der Waals surface area contributed by atoms with Gasteiger partial charge in [0.1, 0.15) is 11.5 Å². The summed E-state index contributed by atoms with van der Waals surface area (Å²) in [7, 11) is -0.696. The van der Waals surface area contributed by atoms with Crippen LogP contribution in [0.2, 0.25) is 0 Å². The topological polar surface area (TPSA) is 93.7 Å². The number of carbonyl (C=O) groups excluding carboxylic acids is 1. The second-order valence-corrected chi connectivity index (χ2v) is 7.95. The second-order valence-electron chi connectivity index (χ2n) is 5.29. The SMILES string of the molecule is COc1ccc(OC)c(NC(=O)CNS(=O)(=O)Cc2ccccc2Br)c1. The van der Waals surface area contributed by atoms with Gasteiger partial charge in [0, 0.05) is 10.5 Å². The van der Waals surface area contributed by atoms with Gasteiger partial charge in [-0.05, 0) is 23.8 Å². The van der Waals surface area contributed by atoms with Crippen molar-refractivity contribution >= 4 is 37.5 Å². The van der Waals surface area contributed by atoms with Gasteiger partial charge in [0.25, 0.3) is 0 Å². The summed E-state index contributed by atoms with van der Waals surface area (Å²) in [4.78, 5) is 12.1. The zero-order valence-corrected chi connectivity index (χ0v) is 16.7.